The quantitative estimate of drug-likeness (QED) is 0.699. The molecule has 0 fully saturated rings. The molecule has 1 aromatic heterocycles. The van der Waals surface area contributed by atoms with Crippen LogP contribution in [0.2, 0.25) is 0 Å². The Morgan fingerprint density at radius 3 is 2.71 bits per heavy atom. The van der Waals surface area contributed by atoms with Crippen LogP contribution in [0.25, 0.3) is 10.9 Å². The molecule has 0 saturated carbocycles. The third kappa shape index (κ3) is 1.16. The van der Waals surface area contributed by atoms with Crippen molar-refractivity contribution in [3.05, 3.63) is 23.9 Å². The lowest BCUT2D eigenvalue weighted by molar-refractivity contribution is 0.677. The highest BCUT2D eigenvalue weighted by Crippen LogP contribution is 2.27. The number of hydrogen-bond acceptors (Lipinski definition) is 2. The van der Waals surface area contributed by atoms with Crippen molar-refractivity contribution in [3.63, 3.8) is 0 Å². The Hall–Kier alpha value is -1.51. The number of aryl methyl sites for hydroxylation is 1. The van der Waals surface area contributed by atoms with Crippen LogP contribution in [0.15, 0.2) is 18.2 Å². The van der Waals surface area contributed by atoms with Crippen molar-refractivity contribution in [2.24, 2.45) is 7.05 Å². The number of nitrogen functional groups attached to an aromatic ring is 1. The van der Waals surface area contributed by atoms with Gasteiger partial charge < -0.3 is 5.73 Å². The molecule has 1 heterocycles. The van der Waals surface area contributed by atoms with Crippen LogP contribution in [0.5, 0.6) is 0 Å². The van der Waals surface area contributed by atoms with Crippen LogP contribution < -0.4 is 5.73 Å². The Morgan fingerprint density at radius 1 is 1.36 bits per heavy atom. The first-order valence-corrected chi connectivity index (χ1v) is 4.82. The summed E-state index contributed by atoms with van der Waals surface area (Å²) >= 11 is 0. The summed E-state index contributed by atoms with van der Waals surface area (Å²) in [6, 6.07) is 5.94. The predicted molar refractivity (Wildman–Crippen MR) is 59.2 cm³/mol. The summed E-state index contributed by atoms with van der Waals surface area (Å²) in [6.07, 6.45) is 0. The molecule has 14 heavy (non-hydrogen) atoms. The van der Waals surface area contributed by atoms with Gasteiger partial charge >= 0.3 is 0 Å². The van der Waals surface area contributed by atoms with Crippen molar-refractivity contribution in [3.8, 4) is 0 Å². The molecule has 0 aliphatic rings. The monoisotopic (exact) mass is 189 g/mol. The Kier molecular flexibility index (Phi) is 1.95. The van der Waals surface area contributed by atoms with E-state index in [9.17, 15) is 0 Å². The summed E-state index contributed by atoms with van der Waals surface area (Å²) in [5.41, 5.74) is 8.78. The fourth-order valence-electron chi connectivity index (χ4n) is 1.94. The summed E-state index contributed by atoms with van der Waals surface area (Å²) in [7, 11) is 1.97. The molecule has 0 radical (unpaired) electrons. The first kappa shape index (κ1) is 9.06. The number of fused-ring (bicyclic) bond motifs is 1. The lowest BCUT2D eigenvalue weighted by atomic mass is 10.1. The third-order valence-electron chi connectivity index (χ3n) is 2.49. The van der Waals surface area contributed by atoms with E-state index in [1.165, 1.54) is 11.1 Å². The minimum atomic E-state index is 0.465. The summed E-state index contributed by atoms with van der Waals surface area (Å²) in [4.78, 5) is 0. The van der Waals surface area contributed by atoms with E-state index in [1.807, 2.05) is 23.9 Å². The van der Waals surface area contributed by atoms with Crippen molar-refractivity contribution in [2.75, 3.05) is 5.73 Å². The number of aromatic nitrogens is 2. The zero-order chi connectivity index (χ0) is 10.3. The van der Waals surface area contributed by atoms with Crippen molar-refractivity contribution < 1.29 is 0 Å². The van der Waals surface area contributed by atoms with Gasteiger partial charge in [-0.3, -0.25) is 4.68 Å². The van der Waals surface area contributed by atoms with Crippen LogP contribution in [0.1, 0.15) is 25.5 Å². The topological polar surface area (TPSA) is 43.8 Å². The maximum Gasteiger partial charge on any atom is 0.115 e. The van der Waals surface area contributed by atoms with E-state index >= 15 is 0 Å². The molecule has 3 nitrogen and oxygen atoms in total. The minimum absolute atomic E-state index is 0.465. The largest absolute Gasteiger partial charge is 0.397 e. The SMILES string of the molecule is CC(C)c1c2cccc(N)c2nn1C. The second-order valence-electron chi connectivity index (χ2n) is 3.91. The molecule has 0 atom stereocenters. The molecule has 0 spiro atoms. The summed E-state index contributed by atoms with van der Waals surface area (Å²) in [6.45, 7) is 4.33. The molecule has 2 rings (SSSR count). The third-order valence-corrected chi connectivity index (χ3v) is 2.49. The van der Waals surface area contributed by atoms with E-state index in [0.29, 0.717) is 5.92 Å². The van der Waals surface area contributed by atoms with Crippen LogP contribution >= 0.6 is 0 Å². The van der Waals surface area contributed by atoms with Crippen molar-refractivity contribution in [1.29, 1.82) is 0 Å². The van der Waals surface area contributed by atoms with Gasteiger partial charge in [0.15, 0.2) is 0 Å². The molecule has 2 aromatic rings. The second-order valence-corrected chi connectivity index (χ2v) is 3.91. The highest BCUT2D eigenvalue weighted by molar-refractivity contribution is 5.91. The molecule has 1 aromatic carbocycles. The standard InChI is InChI=1S/C11H15N3/c1-7(2)11-8-5-4-6-9(12)10(8)13-14(11)3/h4-7H,12H2,1-3H3. The van der Waals surface area contributed by atoms with E-state index in [2.05, 4.69) is 25.0 Å². The fourth-order valence-corrected chi connectivity index (χ4v) is 1.94. The van der Waals surface area contributed by atoms with E-state index in [1.54, 1.807) is 0 Å². The number of hydrogen-bond donors (Lipinski definition) is 1. The van der Waals surface area contributed by atoms with Crippen molar-refractivity contribution in [2.45, 2.75) is 19.8 Å². The van der Waals surface area contributed by atoms with E-state index in [4.69, 9.17) is 5.73 Å². The number of benzene rings is 1. The number of anilines is 1. The molecular formula is C11H15N3. The van der Waals surface area contributed by atoms with Crippen LogP contribution in [0, 0.1) is 0 Å². The molecule has 0 aliphatic heterocycles. The lowest BCUT2D eigenvalue weighted by Gasteiger charge is -2.05. The van der Waals surface area contributed by atoms with Gasteiger partial charge in [0.1, 0.15) is 5.52 Å². The molecule has 0 amide bonds. The Labute approximate surface area is 83.5 Å². The summed E-state index contributed by atoms with van der Waals surface area (Å²) in [5.74, 6) is 0.465. The normalized spacial score (nSPS) is 11.4. The number of rotatable bonds is 1. The highest BCUT2D eigenvalue weighted by Gasteiger charge is 2.12. The van der Waals surface area contributed by atoms with Gasteiger partial charge in [-0.15, -0.1) is 0 Å². The van der Waals surface area contributed by atoms with Crippen molar-refractivity contribution >= 4 is 16.6 Å². The number of nitrogens with two attached hydrogens (primary N) is 1. The number of nitrogens with zero attached hydrogens (tertiary/aromatic N) is 2. The fraction of sp³-hybridized carbons (Fsp3) is 0.364. The maximum atomic E-state index is 5.86. The van der Waals surface area contributed by atoms with E-state index in [-0.39, 0.29) is 0 Å². The van der Waals surface area contributed by atoms with Gasteiger partial charge in [0.05, 0.1) is 5.69 Å². The van der Waals surface area contributed by atoms with Crippen LogP contribution in [0.4, 0.5) is 5.69 Å². The molecule has 2 N–H and O–H groups in total. The first-order valence-electron chi connectivity index (χ1n) is 4.82. The summed E-state index contributed by atoms with van der Waals surface area (Å²) in [5, 5.41) is 5.59. The van der Waals surface area contributed by atoms with Gasteiger partial charge in [-0.25, -0.2) is 0 Å². The van der Waals surface area contributed by atoms with E-state index < -0.39 is 0 Å². The molecule has 0 bridgehead atoms. The van der Waals surface area contributed by atoms with Gasteiger partial charge in [-0.05, 0) is 12.0 Å². The van der Waals surface area contributed by atoms with Gasteiger partial charge in [0, 0.05) is 18.1 Å². The maximum absolute atomic E-state index is 5.86. The molecule has 0 unspecified atom stereocenters. The highest BCUT2D eigenvalue weighted by atomic mass is 15.3. The first-order chi connectivity index (χ1) is 6.61. The Balaban J connectivity index is 2.83. The lowest BCUT2D eigenvalue weighted by Crippen LogP contribution is -1.99. The van der Waals surface area contributed by atoms with E-state index in [0.717, 1.165) is 11.2 Å². The smallest absolute Gasteiger partial charge is 0.115 e. The van der Waals surface area contributed by atoms with Gasteiger partial charge in [-0.2, -0.15) is 5.10 Å². The van der Waals surface area contributed by atoms with Crippen LogP contribution in [-0.4, -0.2) is 9.78 Å². The molecule has 0 saturated heterocycles. The minimum Gasteiger partial charge on any atom is -0.397 e. The zero-order valence-electron chi connectivity index (χ0n) is 8.78. The van der Waals surface area contributed by atoms with Gasteiger partial charge in [0.25, 0.3) is 0 Å². The van der Waals surface area contributed by atoms with Gasteiger partial charge in [-0.1, -0.05) is 26.0 Å². The molecular weight excluding hydrogens is 174 g/mol. The predicted octanol–water partition coefficient (Wildman–Crippen LogP) is 2.28. The van der Waals surface area contributed by atoms with Crippen LogP contribution in [0.3, 0.4) is 0 Å². The summed E-state index contributed by atoms with van der Waals surface area (Å²) < 4.78 is 1.92. The zero-order valence-corrected chi connectivity index (χ0v) is 8.78. The second kappa shape index (κ2) is 3.01. The Morgan fingerprint density at radius 2 is 2.07 bits per heavy atom. The average Bonchev–Trinajstić information content (AvgIpc) is 2.42. The van der Waals surface area contributed by atoms with Crippen molar-refractivity contribution in [1.82, 2.24) is 9.78 Å². The Bertz CT molecular complexity index is 469. The van der Waals surface area contributed by atoms with Gasteiger partial charge in [0.2, 0.25) is 0 Å². The van der Waals surface area contributed by atoms with Crippen LogP contribution in [-0.2, 0) is 7.05 Å². The molecule has 74 valence electrons. The molecule has 0 aliphatic carbocycles. The molecule has 3 heteroatoms. The average molecular weight is 189 g/mol.